The Bertz CT molecular complexity index is 987. The zero-order chi connectivity index (χ0) is 23.2. The molecule has 2 aromatic rings. The quantitative estimate of drug-likeness (QED) is 0.421. The minimum atomic E-state index is -3.49. The van der Waals surface area contributed by atoms with Crippen LogP contribution in [0.3, 0.4) is 0 Å². The second kappa shape index (κ2) is 10.8. The lowest BCUT2D eigenvalue weighted by molar-refractivity contribution is -0.148. The Morgan fingerprint density at radius 2 is 2.09 bits per heavy atom. The smallest absolute Gasteiger partial charge is 0.293 e. The number of nitrogens with zero attached hydrogens (tertiary/aromatic N) is 1. The van der Waals surface area contributed by atoms with E-state index in [1.165, 1.54) is 0 Å². The summed E-state index contributed by atoms with van der Waals surface area (Å²) in [5, 5.41) is 8.75. The molecule has 0 amide bonds. The van der Waals surface area contributed by atoms with Crippen LogP contribution in [-0.4, -0.2) is 29.1 Å². The minimum Gasteiger partial charge on any atom is -0.485 e. The van der Waals surface area contributed by atoms with Gasteiger partial charge in [-0.3, -0.25) is 0 Å². The molecule has 2 aromatic carbocycles. The number of alkyl halides is 2. The molecule has 0 saturated carbocycles. The van der Waals surface area contributed by atoms with E-state index >= 15 is 8.78 Å². The van der Waals surface area contributed by atoms with Crippen molar-refractivity contribution in [2.45, 2.75) is 43.8 Å². The number of benzene rings is 2. The molecule has 0 fully saturated rings. The van der Waals surface area contributed by atoms with Crippen molar-refractivity contribution in [1.82, 2.24) is 4.72 Å². The number of nitrogens with one attached hydrogen (secondary N) is 1. The van der Waals surface area contributed by atoms with Crippen LogP contribution in [-0.2, 0) is 21.3 Å². The molecule has 1 aliphatic rings. The average molecular weight is 527 g/mol. The van der Waals surface area contributed by atoms with E-state index in [4.69, 9.17) is 14.7 Å². The molecular weight excluding hydrogens is 502 g/mol. The number of nitriles is 1. The van der Waals surface area contributed by atoms with Gasteiger partial charge in [0.05, 0.1) is 17.1 Å². The van der Waals surface area contributed by atoms with Crippen molar-refractivity contribution in [3.8, 4) is 11.8 Å². The Hall–Kier alpha value is -1.86. The van der Waals surface area contributed by atoms with Gasteiger partial charge in [0, 0.05) is 22.2 Å². The maximum atomic E-state index is 16.0. The molecule has 0 aromatic heterocycles. The normalized spacial score (nSPS) is 21.3. The van der Waals surface area contributed by atoms with Gasteiger partial charge in [-0.15, -0.1) is 0 Å². The van der Waals surface area contributed by atoms with E-state index in [0.29, 0.717) is 10.9 Å². The summed E-state index contributed by atoms with van der Waals surface area (Å²) in [5.74, 6) is -2.96. The summed E-state index contributed by atoms with van der Waals surface area (Å²) in [7, 11) is -1.72. The lowest BCUT2D eigenvalue weighted by Gasteiger charge is -2.46. The summed E-state index contributed by atoms with van der Waals surface area (Å²) in [5.41, 5.74) is -1.09. The molecule has 1 unspecified atom stereocenters. The first-order valence-electron chi connectivity index (χ1n) is 10.3. The zero-order valence-electron chi connectivity index (χ0n) is 17.7. The second-order valence-electron chi connectivity index (χ2n) is 7.63. The van der Waals surface area contributed by atoms with E-state index in [9.17, 15) is 4.21 Å². The van der Waals surface area contributed by atoms with Crippen LogP contribution >= 0.6 is 15.9 Å². The molecule has 0 aliphatic carbocycles. The first-order valence-corrected chi connectivity index (χ1v) is 12.4. The van der Waals surface area contributed by atoms with Crippen LogP contribution in [0.4, 0.5) is 8.78 Å². The van der Waals surface area contributed by atoms with Gasteiger partial charge in [-0.2, -0.15) is 5.26 Å². The van der Waals surface area contributed by atoms with Gasteiger partial charge < -0.3 is 9.47 Å². The number of fused-ring (bicyclic) bond motifs is 1. The van der Waals surface area contributed by atoms with Crippen LogP contribution < -0.4 is 9.46 Å². The Labute approximate surface area is 197 Å². The van der Waals surface area contributed by atoms with E-state index in [2.05, 4.69) is 20.7 Å². The summed E-state index contributed by atoms with van der Waals surface area (Å²) in [6.45, 7) is 0.490. The van der Waals surface area contributed by atoms with E-state index in [1.54, 1.807) is 24.3 Å². The maximum absolute atomic E-state index is 16.0. The Balaban J connectivity index is 2.13. The van der Waals surface area contributed by atoms with Gasteiger partial charge in [-0.05, 0) is 30.2 Å². The molecule has 172 valence electrons. The predicted octanol–water partition coefficient (Wildman–Crippen LogP) is 5.40. The molecule has 3 atom stereocenters. The van der Waals surface area contributed by atoms with Crippen molar-refractivity contribution in [3.05, 3.63) is 64.1 Å². The molecule has 5 nitrogen and oxygen atoms in total. The summed E-state index contributed by atoms with van der Waals surface area (Å²) < 4.78 is 59.3. The molecule has 0 saturated heterocycles. The minimum absolute atomic E-state index is 0.165. The van der Waals surface area contributed by atoms with Crippen LogP contribution in [0.1, 0.15) is 43.4 Å². The third-order valence-corrected chi connectivity index (χ3v) is 7.11. The van der Waals surface area contributed by atoms with Gasteiger partial charge in [0.25, 0.3) is 5.92 Å². The summed E-state index contributed by atoms with van der Waals surface area (Å²) in [6, 6.07) is 15.7. The van der Waals surface area contributed by atoms with Crippen molar-refractivity contribution in [2.24, 2.45) is 0 Å². The lowest BCUT2D eigenvalue weighted by atomic mass is 9.76. The molecule has 32 heavy (non-hydrogen) atoms. The first kappa shape index (κ1) is 24.8. The first-order chi connectivity index (χ1) is 15.3. The lowest BCUT2D eigenvalue weighted by Crippen LogP contribution is -2.61. The molecule has 9 heteroatoms. The molecule has 3 rings (SSSR count). The third-order valence-electron chi connectivity index (χ3n) is 5.38. The van der Waals surface area contributed by atoms with Crippen molar-refractivity contribution in [1.29, 1.82) is 5.26 Å². The van der Waals surface area contributed by atoms with Crippen molar-refractivity contribution in [2.75, 3.05) is 19.0 Å². The van der Waals surface area contributed by atoms with Crippen LogP contribution in [0, 0.1) is 11.3 Å². The average Bonchev–Trinajstić information content (AvgIpc) is 2.78. The third kappa shape index (κ3) is 5.37. The number of rotatable bonds is 10. The molecule has 0 radical (unpaired) electrons. The SMILES string of the molecule is CCCC[S@](=O)N[C@]1(C(F)(F)COCC#N)CC(c2ccccc2)Oc2ccc(Br)cc21. The number of halogens is 3. The summed E-state index contributed by atoms with van der Waals surface area (Å²) in [4.78, 5) is 0. The van der Waals surface area contributed by atoms with Crippen molar-refractivity contribution in [3.63, 3.8) is 0 Å². The van der Waals surface area contributed by atoms with Crippen LogP contribution in [0.2, 0.25) is 0 Å². The van der Waals surface area contributed by atoms with E-state index in [1.807, 2.05) is 37.3 Å². The highest BCUT2D eigenvalue weighted by atomic mass is 79.9. The van der Waals surface area contributed by atoms with Gasteiger partial charge in [0.1, 0.15) is 30.6 Å². The number of ether oxygens (including phenoxy) is 2. The highest BCUT2D eigenvalue weighted by molar-refractivity contribution is 9.10. The molecule has 1 aliphatic heterocycles. The van der Waals surface area contributed by atoms with E-state index in [-0.39, 0.29) is 23.5 Å². The fourth-order valence-electron chi connectivity index (χ4n) is 3.76. The molecule has 1 N–H and O–H groups in total. The van der Waals surface area contributed by atoms with Gasteiger partial charge >= 0.3 is 0 Å². The highest BCUT2D eigenvalue weighted by Crippen LogP contribution is 2.52. The summed E-state index contributed by atoms with van der Waals surface area (Å²) in [6.07, 6.45) is 0.569. The number of unbranched alkanes of at least 4 members (excludes halogenated alkanes) is 1. The monoisotopic (exact) mass is 526 g/mol. The molecule has 0 bridgehead atoms. The van der Waals surface area contributed by atoms with Crippen LogP contribution in [0.25, 0.3) is 0 Å². The Morgan fingerprint density at radius 3 is 2.78 bits per heavy atom. The molecule has 0 spiro atoms. The molecule has 1 heterocycles. The van der Waals surface area contributed by atoms with Crippen LogP contribution in [0.15, 0.2) is 53.0 Å². The van der Waals surface area contributed by atoms with Gasteiger partial charge in [-0.1, -0.05) is 59.6 Å². The zero-order valence-corrected chi connectivity index (χ0v) is 20.1. The van der Waals surface area contributed by atoms with Gasteiger partial charge in [-0.25, -0.2) is 17.7 Å². The molecular formula is C23H25BrF2N2O3S. The van der Waals surface area contributed by atoms with Crippen molar-refractivity contribution >= 4 is 26.9 Å². The maximum Gasteiger partial charge on any atom is 0.293 e. The highest BCUT2D eigenvalue weighted by Gasteiger charge is 2.60. The number of hydrogen-bond donors (Lipinski definition) is 1. The topological polar surface area (TPSA) is 71.3 Å². The standard InChI is InChI=1S/C23H25BrF2N2O3S/c1-2-3-13-32(29)28-22(23(25,26)16-30-12-11-27)15-21(17-7-5-4-6-8-17)31-20-10-9-18(24)14-19(20)22/h4-10,14,21,28H,2-3,12-13,15-16H2,1H3/t21?,22-,32+/m1/s1. The fourth-order valence-corrected chi connectivity index (χ4v) is 5.51. The fraction of sp³-hybridized carbons (Fsp3) is 0.435. The van der Waals surface area contributed by atoms with Gasteiger partial charge in [0.2, 0.25) is 0 Å². The number of hydrogen-bond acceptors (Lipinski definition) is 4. The van der Waals surface area contributed by atoms with Crippen LogP contribution in [0.5, 0.6) is 5.75 Å². The van der Waals surface area contributed by atoms with Crippen molar-refractivity contribution < 1.29 is 22.5 Å². The summed E-state index contributed by atoms with van der Waals surface area (Å²) >= 11 is 3.36. The van der Waals surface area contributed by atoms with E-state index in [0.717, 1.165) is 12.0 Å². The Kier molecular flexibility index (Phi) is 8.39. The largest absolute Gasteiger partial charge is 0.485 e. The second-order valence-corrected chi connectivity index (χ2v) is 9.85. The predicted molar refractivity (Wildman–Crippen MR) is 123 cm³/mol. The van der Waals surface area contributed by atoms with Gasteiger partial charge in [0.15, 0.2) is 0 Å². The van der Waals surface area contributed by atoms with E-state index < -0.39 is 41.8 Å². The Morgan fingerprint density at radius 1 is 1.34 bits per heavy atom.